The number of halogens is 1. The van der Waals surface area contributed by atoms with Crippen LogP contribution < -0.4 is 5.32 Å². The fraction of sp³-hybridized carbons (Fsp3) is 0.500. The minimum atomic E-state index is -0.839. The zero-order valence-corrected chi connectivity index (χ0v) is 13.3. The van der Waals surface area contributed by atoms with E-state index in [1.165, 1.54) is 11.8 Å². The third-order valence-corrected chi connectivity index (χ3v) is 3.74. The molecule has 0 saturated carbocycles. The van der Waals surface area contributed by atoms with Gasteiger partial charge in [-0.1, -0.05) is 0 Å². The van der Waals surface area contributed by atoms with E-state index in [1.807, 2.05) is 24.6 Å². The Bertz CT molecular complexity index is 460. The van der Waals surface area contributed by atoms with E-state index in [2.05, 4.69) is 21.2 Å². The summed E-state index contributed by atoms with van der Waals surface area (Å²) >= 11 is 4.64. The van der Waals surface area contributed by atoms with Crippen LogP contribution in [0.1, 0.15) is 30.4 Å². The van der Waals surface area contributed by atoms with Gasteiger partial charge >= 0.3 is 5.97 Å². The zero-order valence-electron chi connectivity index (χ0n) is 10.9. The van der Waals surface area contributed by atoms with Crippen LogP contribution in [-0.2, 0) is 4.79 Å². The molecule has 0 unspecified atom stereocenters. The molecule has 0 radical (unpaired) electrons. The van der Waals surface area contributed by atoms with Gasteiger partial charge < -0.3 is 15.0 Å². The van der Waals surface area contributed by atoms with E-state index < -0.39 is 5.97 Å². The number of carbonyl (C=O) groups excluding carboxylic acids is 1. The third-order valence-electron chi connectivity index (χ3n) is 2.36. The van der Waals surface area contributed by atoms with Gasteiger partial charge in [-0.05, 0) is 35.8 Å². The van der Waals surface area contributed by atoms with Crippen molar-refractivity contribution in [1.82, 2.24) is 9.88 Å². The molecule has 0 aliphatic carbocycles. The molecule has 7 heteroatoms. The van der Waals surface area contributed by atoms with Gasteiger partial charge in [0.1, 0.15) is 5.69 Å². The maximum atomic E-state index is 12.0. The van der Waals surface area contributed by atoms with E-state index in [-0.39, 0.29) is 17.7 Å². The summed E-state index contributed by atoms with van der Waals surface area (Å²) in [5.74, 6) is -0.338. The van der Waals surface area contributed by atoms with Gasteiger partial charge in [-0.25, -0.2) is 0 Å². The predicted octanol–water partition coefficient (Wildman–Crippen LogP) is 2.38. The van der Waals surface area contributed by atoms with Crippen LogP contribution >= 0.6 is 27.7 Å². The molecule has 19 heavy (non-hydrogen) atoms. The summed E-state index contributed by atoms with van der Waals surface area (Å²) in [6.45, 7) is 4.47. The van der Waals surface area contributed by atoms with Gasteiger partial charge in [0.15, 0.2) is 0 Å². The number of aliphatic carboxylic acids is 1. The van der Waals surface area contributed by atoms with Crippen LogP contribution in [-0.4, -0.2) is 39.6 Å². The second kappa shape index (κ2) is 7.59. The van der Waals surface area contributed by atoms with Gasteiger partial charge in [-0.15, -0.1) is 11.8 Å². The van der Waals surface area contributed by atoms with Gasteiger partial charge in [0.05, 0.1) is 5.75 Å². The van der Waals surface area contributed by atoms with Crippen LogP contribution in [0.4, 0.5) is 0 Å². The molecule has 0 aliphatic heterocycles. The molecular weight excluding hydrogens is 332 g/mol. The first kappa shape index (κ1) is 16.1. The molecular formula is C12H17BrN2O3S. The van der Waals surface area contributed by atoms with E-state index in [4.69, 9.17) is 5.11 Å². The molecule has 106 valence electrons. The maximum Gasteiger partial charge on any atom is 0.313 e. The van der Waals surface area contributed by atoms with Crippen LogP contribution in [0.3, 0.4) is 0 Å². The molecule has 0 bridgehead atoms. The lowest BCUT2D eigenvalue weighted by atomic mass is 10.3. The highest BCUT2D eigenvalue weighted by atomic mass is 79.9. The number of thioether (sulfide) groups is 1. The Balaban J connectivity index is 2.47. The fourth-order valence-electron chi connectivity index (χ4n) is 1.54. The topological polar surface area (TPSA) is 71.3 Å². The lowest BCUT2D eigenvalue weighted by Crippen LogP contribution is -2.28. The van der Waals surface area contributed by atoms with Crippen molar-refractivity contribution in [2.75, 3.05) is 18.1 Å². The lowest BCUT2D eigenvalue weighted by molar-refractivity contribution is -0.133. The summed E-state index contributed by atoms with van der Waals surface area (Å²) in [5.41, 5.74) is 0.602. The summed E-state index contributed by atoms with van der Waals surface area (Å²) in [4.78, 5) is 22.3. The van der Waals surface area contributed by atoms with Crippen molar-refractivity contribution in [1.29, 1.82) is 0 Å². The molecule has 1 amide bonds. The van der Waals surface area contributed by atoms with Crippen LogP contribution in [0.2, 0.25) is 0 Å². The Kier molecular flexibility index (Phi) is 6.44. The van der Waals surface area contributed by atoms with Crippen molar-refractivity contribution < 1.29 is 14.7 Å². The van der Waals surface area contributed by atoms with Crippen molar-refractivity contribution in [3.8, 4) is 0 Å². The number of nitrogens with zero attached hydrogens (tertiary/aromatic N) is 1. The molecule has 5 nitrogen and oxygen atoms in total. The number of carboxylic acid groups (broad SMARTS) is 1. The van der Waals surface area contributed by atoms with Crippen LogP contribution in [0, 0.1) is 0 Å². The van der Waals surface area contributed by atoms with Crippen molar-refractivity contribution >= 4 is 39.6 Å². The number of nitrogens with one attached hydrogen (secondary N) is 1. The molecule has 0 aliphatic rings. The molecule has 1 rings (SSSR count). The SMILES string of the molecule is CC(C)n1cc(Br)cc1C(=O)NCCSCC(=O)O. The smallest absolute Gasteiger partial charge is 0.313 e. The number of amides is 1. The second-order valence-electron chi connectivity index (χ2n) is 4.25. The second-order valence-corrected chi connectivity index (χ2v) is 6.27. The van der Waals surface area contributed by atoms with Gasteiger partial charge in [0.25, 0.3) is 5.91 Å². The maximum absolute atomic E-state index is 12.0. The average Bonchev–Trinajstić information content (AvgIpc) is 2.70. The van der Waals surface area contributed by atoms with Crippen LogP contribution in [0.15, 0.2) is 16.7 Å². The molecule has 1 heterocycles. The lowest BCUT2D eigenvalue weighted by Gasteiger charge is -2.12. The van der Waals surface area contributed by atoms with Crippen molar-refractivity contribution in [3.05, 3.63) is 22.4 Å². The van der Waals surface area contributed by atoms with Crippen LogP contribution in [0.25, 0.3) is 0 Å². The standard InChI is InChI=1S/C12H17BrN2O3S/c1-8(2)15-6-9(13)5-10(15)12(18)14-3-4-19-7-11(16)17/h5-6,8H,3-4,7H2,1-2H3,(H,14,18)(H,16,17). The van der Waals surface area contributed by atoms with Crippen molar-refractivity contribution in [2.45, 2.75) is 19.9 Å². The largest absolute Gasteiger partial charge is 0.481 e. The highest BCUT2D eigenvalue weighted by molar-refractivity contribution is 9.10. The van der Waals surface area contributed by atoms with Gasteiger partial charge in [0, 0.05) is 29.0 Å². The minimum Gasteiger partial charge on any atom is -0.481 e. The van der Waals surface area contributed by atoms with E-state index in [0.29, 0.717) is 18.0 Å². The zero-order chi connectivity index (χ0) is 14.4. The van der Waals surface area contributed by atoms with Crippen LogP contribution in [0.5, 0.6) is 0 Å². The highest BCUT2D eigenvalue weighted by Crippen LogP contribution is 2.19. The Hall–Kier alpha value is -0.950. The summed E-state index contributed by atoms with van der Waals surface area (Å²) in [6, 6.07) is 1.98. The molecule has 0 aromatic carbocycles. The highest BCUT2D eigenvalue weighted by Gasteiger charge is 2.14. The Labute approximate surface area is 124 Å². The number of aromatic nitrogens is 1. The predicted molar refractivity (Wildman–Crippen MR) is 79.8 cm³/mol. The number of carbonyl (C=O) groups is 2. The van der Waals surface area contributed by atoms with Gasteiger partial charge in [-0.3, -0.25) is 9.59 Å². The molecule has 0 atom stereocenters. The summed E-state index contributed by atoms with van der Waals surface area (Å²) in [6.07, 6.45) is 1.87. The first-order chi connectivity index (χ1) is 8.91. The van der Waals surface area contributed by atoms with E-state index in [0.717, 1.165) is 4.47 Å². The molecule has 0 spiro atoms. The van der Waals surface area contributed by atoms with E-state index in [9.17, 15) is 9.59 Å². The summed E-state index contributed by atoms with van der Waals surface area (Å²) in [7, 11) is 0. The first-order valence-electron chi connectivity index (χ1n) is 5.87. The first-order valence-corrected chi connectivity index (χ1v) is 7.81. The van der Waals surface area contributed by atoms with Crippen molar-refractivity contribution in [3.63, 3.8) is 0 Å². The molecule has 0 fully saturated rings. The molecule has 0 saturated heterocycles. The normalized spacial score (nSPS) is 10.7. The Morgan fingerprint density at radius 2 is 2.21 bits per heavy atom. The third kappa shape index (κ3) is 5.28. The number of hydrogen-bond donors (Lipinski definition) is 2. The van der Waals surface area contributed by atoms with E-state index >= 15 is 0 Å². The number of rotatable bonds is 7. The Morgan fingerprint density at radius 3 is 2.79 bits per heavy atom. The van der Waals surface area contributed by atoms with Crippen molar-refractivity contribution in [2.24, 2.45) is 0 Å². The quantitative estimate of drug-likeness (QED) is 0.742. The monoisotopic (exact) mass is 348 g/mol. The fourth-order valence-corrected chi connectivity index (χ4v) is 2.54. The minimum absolute atomic E-state index is 0.0593. The molecule has 2 N–H and O–H groups in total. The number of hydrogen-bond acceptors (Lipinski definition) is 3. The average molecular weight is 349 g/mol. The summed E-state index contributed by atoms with van der Waals surface area (Å²) in [5, 5.41) is 11.3. The van der Waals surface area contributed by atoms with E-state index in [1.54, 1.807) is 6.07 Å². The van der Waals surface area contributed by atoms with Gasteiger partial charge in [0.2, 0.25) is 0 Å². The molecule has 1 aromatic rings. The van der Waals surface area contributed by atoms with Gasteiger partial charge in [-0.2, -0.15) is 0 Å². The molecule has 1 aromatic heterocycles. The Morgan fingerprint density at radius 1 is 1.53 bits per heavy atom. The number of carboxylic acids is 1. The summed E-state index contributed by atoms with van der Waals surface area (Å²) < 4.78 is 2.76.